The van der Waals surface area contributed by atoms with Crippen molar-refractivity contribution in [2.24, 2.45) is 0 Å². The first-order valence-corrected chi connectivity index (χ1v) is 15.9. The number of carbonyl (C=O) groups is 2. The van der Waals surface area contributed by atoms with Crippen molar-refractivity contribution in [1.82, 2.24) is 10.2 Å². The molecule has 1 aliphatic carbocycles. The average molecular weight is 617 g/mol. The van der Waals surface area contributed by atoms with Gasteiger partial charge in [-0.3, -0.25) is 13.9 Å². The van der Waals surface area contributed by atoms with Crippen LogP contribution in [0, 0.1) is 6.92 Å². The van der Waals surface area contributed by atoms with Crippen LogP contribution in [-0.4, -0.2) is 43.8 Å². The molecule has 1 N–H and O–H groups in total. The molecule has 0 heterocycles. The summed E-state index contributed by atoms with van der Waals surface area (Å²) in [6, 6.07) is 19.0. The molecule has 7 nitrogen and oxygen atoms in total. The van der Waals surface area contributed by atoms with Gasteiger partial charge >= 0.3 is 0 Å². The average Bonchev–Trinajstić information content (AvgIpc) is 2.95. The van der Waals surface area contributed by atoms with E-state index in [2.05, 4.69) is 5.32 Å². The van der Waals surface area contributed by atoms with Gasteiger partial charge in [-0.15, -0.1) is 0 Å². The number of benzene rings is 3. The van der Waals surface area contributed by atoms with Crippen molar-refractivity contribution in [3.63, 3.8) is 0 Å². The van der Waals surface area contributed by atoms with Gasteiger partial charge in [-0.25, -0.2) is 8.42 Å². The van der Waals surface area contributed by atoms with Crippen LogP contribution in [-0.2, 0) is 26.2 Å². The van der Waals surface area contributed by atoms with Gasteiger partial charge in [0.25, 0.3) is 10.0 Å². The Morgan fingerprint density at radius 3 is 2.29 bits per heavy atom. The monoisotopic (exact) mass is 615 g/mol. The number of aryl methyl sites for hydroxylation is 1. The van der Waals surface area contributed by atoms with Crippen molar-refractivity contribution >= 4 is 50.7 Å². The Kier molecular flexibility index (Phi) is 10.3. The zero-order valence-electron chi connectivity index (χ0n) is 23.2. The van der Waals surface area contributed by atoms with Crippen LogP contribution in [0.2, 0.25) is 10.0 Å². The first-order chi connectivity index (χ1) is 19.6. The van der Waals surface area contributed by atoms with Crippen LogP contribution in [0.1, 0.15) is 50.2 Å². The molecule has 2 amide bonds. The molecular formula is C31H35Cl2N3O4S. The molecule has 218 valence electrons. The van der Waals surface area contributed by atoms with E-state index >= 15 is 0 Å². The lowest BCUT2D eigenvalue weighted by molar-refractivity contribution is -0.139. The van der Waals surface area contributed by atoms with Crippen molar-refractivity contribution in [1.29, 1.82) is 0 Å². The summed E-state index contributed by atoms with van der Waals surface area (Å²) >= 11 is 12.7. The summed E-state index contributed by atoms with van der Waals surface area (Å²) in [5, 5.41) is 3.87. The van der Waals surface area contributed by atoms with Gasteiger partial charge in [-0.1, -0.05) is 84.4 Å². The Balaban J connectivity index is 1.68. The molecule has 1 fully saturated rings. The van der Waals surface area contributed by atoms with Gasteiger partial charge in [0.2, 0.25) is 11.8 Å². The van der Waals surface area contributed by atoms with Gasteiger partial charge in [-0.2, -0.15) is 0 Å². The summed E-state index contributed by atoms with van der Waals surface area (Å²) in [6.07, 6.45) is 5.04. The Morgan fingerprint density at radius 2 is 1.63 bits per heavy atom. The molecule has 0 saturated heterocycles. The van der Waals surface area contributed by atoms with E-state index in [0.717, 1.165) is 42.0 Å². The number of amides is 2. The van der Waals surface area contributed by atoms with Gasteiger partial charge < -0.3 is 10.2 Å². The van der Waals surface area contributed by atoms with E-state index in [9.17, 15) is 18.0 Å². The lowest BCUT2D eigenvalue weighted by atomic mass is 9.95. The van der Waals surface area contributed by atoms with Crippen molar-refractivity contribution in [3.8, 4) is 0 Å². The highest BCUT2D eigenvalue weighted by Crippen LogP contribution is 2.28. The summed E-state index contributed by atoms with van der Waals surface area (Å²) < 4.78 is 28.8. The summed E-state index contributed by atoms with van der Waals surface area (Å²) in [5.41, 5.74) is 1.79. The summed E-state index contributed by atoms with van der Waals surface area (Å²) in [7, 11) is -4.17. The number of hydrogen-bond acceptors (Lipinski definition) is 4. The second kappa shape index (κ2) is 13.7. The third kappa shape index (κ3) is 7.82. The summed E-state index contributed by atoms with van der Waals surface area (Å²) in [4.78, 5) is 28.9. The largest absolute Gasteiger partial charge is 0.352 e. The van der Waals surface area contributed by atoms with Crippen molar-refractivity contribution < 1.29 is 18.0 Å². The molecule has 1 atom stereocenters. The smallest absolute Gasteiger partial charge is 0.264 e. The van der Waals surface area contributed by atoms with E-state index in [-0.39, 0.29) is 29.1 Å². The summed E-state index contributed by atoms with van der Waals surface area (Å²) in [5.74, 6) is -0.833. The Labute approximate surface area is 252 Å². The van der Waals surface area contributed by atoms with E-state index in [1.165, 1.54) is 23.1 Å². The number of hydrogen-bond donors (Lipinski definition) is 1. The number of anilines is 1. The fourth-order valence-corrected chi connectivity index (χ4v) is 6.74. The van der Waals surface area contributed by atoms with Crippen LogP contribution in [0.3, 0.4) is 0 Å². The second-order valence-corrected chi connectivity index (χ2v) is 13.1. The summed E-state index contributed by atoms with van der Waals surface area (Å²) in [6.45, 7) is 3.01. The first kappa shape index (κ1) is 30.9. The van der Waals surface area contributed by atoms with Crippen molar-refractivity contribution in [2.45, 2.75) is 69.5 Å². The molecule has 3 aromatic carbocycles. The Bertz CT molecular complexity index is 1470. The maximum Gasteiger partial charge on any atom is 0.264 e. The van der Waals surface area contributed by atoms with Gasteiger partial charge in [-0.05, 0) is 68.7 Å². The molecule has 4 rings (SSSR count). The molecular weight excluding hydrogens is 581 g/mol. The van der Waals surface area contributed by atoms with E-state index in [1.807, 2.05) is 6.92 Å². The topological polar surface area (TPSA) is 86.8 Å². The maximum absolute atomic E-state index is 14.1. The lowest BCUT2D eigenvalue weighted by Crippen LogP contribution is -2.53. The number of halogens is 2. The Hall–Kier alpha value is -3.07. The SMILES string of the molecule is Cc1ccc(S(=O)(=O)N(CC(=O)N(Cc2ccccc2Cl)[C@@H](C)C(=O)NC2CCCCC2)c2cccc(Cl)c2)cc1. The van der Waals surface area contributed by atoms with E-state index in [1.54, 1.807) is 61.5 Å². The third-order valence-corrected chi connectivity index (χ3v) is 9.79. The highest BCUT2D eigenvalue weighted by Gasteiger charge is 2.33. The molecule has 0 radical (unpaired) electrons. The minimum Gasteiger partial charge on any atom is -0.352 e. The number of nitrogens with one attached hydrogen (secondary N) is 1. The highest BCUT2D eigenvalue weighted by molar-refractivity contribution is 7.92. The normalized spacial score (nSPS) is 14.7. The van der Waals surface area contributed by atoms with Crippen LogP contribution in [0.5, 0.6) is 0 Å². The van der Waals surface area contributed by atoms with E-state index in [0.29, 0.717) is 15.6 Å². The highest BCUT2D eigenvalue weighted by atomic mass is 35.5. The molecule has 0 spiro atoms. The number of rotatable bonds is 10. The van der Waals surface area contributed by atoms with Crippen molar-refractivity contribution in [3.05, 3.63) is 94.0 Å². The molecule has 10 heteroatoms. The predicted molar refractivity (Wildman–Crippen MR) is 164 cm³/mol. The van der Waals surface area contributed by atoms with Crippen LogP contribution < -0.4 is 9.62 Å². The van der Waals surface area contributed by atoms with E-state index in [4.69, 9.17) is 23.2 Å². The minimum absolute atomic E-state index is 0.0335. The standard InChI is InChI=1S/C31H35Cl2N3O4S/c1-22-15-17-28(18-16-22)41(39,40)36(27-13-8-10-25(32)19-27)21-30(37)35(20-24-9-6-7-14-29(24)33)23(2)31(38)34-26-11-4-3-5-12-26/h6-10,13-19,23,26H,3-5,11-12,20-21H2,1-2H3,(H,34,38)/t23-/m0/s1. The Morgan fingerprint density at radius 1 is 0.951 bits per heavy atom. The fraction of sp³-hybridized carbons (Fsp3) is 0.355. The molecule has 0 bridgehead atoms. The van der Waals surface area contributed by atoms with Crippen LogP contribution in [0.25, 0.3) is 0 Å². The van der Waals surface area contributed by atoms with Gasteiger partial charge in [0.05, 0.1) is 10.6 Å². The number of nitrogens with zero attached hydrogens (tertiary/aromatic N) is 2. The van der Waals surface area contributed by atoms with E-state index < -0.39 is 28.5 Å². The maximum atomic E-state index is 14.1. The molecule has 1 saturated carbocycles. The van der Waals surface area contributed by atoms with Gasteiger partial charge in [0.15, 0.2) is 0 Å². The van der Waals surface area contributed by atoms with Gasteiger partial charge in [0.1, 0.15) is 12.6 Å². The molecule has 0 aliphatic heterocycles. The zero-order chi connectivity index (χ0) is 29.6. The molecule has 0 aromatic heterocycles. The first-order valence-electron chi connectivity index (χ1n) is 13.7. The molecule has 3 aromatic rings. The predicted octanol–water partition coefficient (Wildman–Crippen LogP) is 6.36. The second-order valence-electron chi connectivity index (χ2n) is 10.4. The third-order valence-electron chi connectivity index (χ3n) is 7.40. The van der Waals surface area contributed by atoms with Crippen LogP contribution in [0.4, 0.5) is 5.69 Å². The molecule has 41 heavy (non-hydrogen) atoms. The van der Waals surface area contributed by atoms with Crippen LogP contribution in [0.15, 0.2) is 77.7 Å². The van der Waals surface area contributed by atoms with Crippen molar-refractivity contribution in [2.75, 3.05) is 10.8 Å². The quantitative estimate of drug-likeness (QED) is 0.287. The number of carbonyl (C=O) groups excluding carboxylic acids is 2. The lowest BCUT2D eigenvalue weighted by Gasteiger charge is -2.33. The van der Waals surface area contributed by atoms with Gasteiger partial charge in [0, 0.05) is 22.6 Å². The van der Waals surface area contributed by atoms with Crippen LogP contribution >= 0.6 is 23.2 Å². The fourth-order valence-electron chi connectivity index (χ4n) is 4.96. The molecule has 1 aliphatic rings. The minimum atomic E-state index is -4.17. The molecule has 0 unspecified atom stereocenters. The zero-order valence-corrected chi connectivity index (χ0v) is 25.6. The number of sulfonamides is 1.